The topological polar surface area (TPSA) is 100 Å². The first-order chi connectivity index (χ1) is 15.7. The molecule has 1 aliphatic heterocycles. The van der Waals surface area contributed by atoms with Crippen molar-refractivity contribution < 1.29 is 14.6 Å². The Hall–Kier alpha value is -3.10. The number of hydrogen-bond donors (Lipinski definition) is 2. The summed E-state index contributed by atoms with van der Waals surface area (Å²) in [4.78, 5) is 27.1. The predicted octanol–water partition coefficient (Wildman–Crippen LogP) is 3.45. The van der Waals surface area contributed by atoms with Gasteiger partial charge in [-0.3, -0.25) is 4.90 Å². The third-order valence-corrected chi connectivity index (χ3v) is 6.50. The maximum atomic E-state index is 11.3. The normalized spacial score (nSPS) is 22.0. The van der Waals surface area contributed by atoms with E-state index in [2.05, 4.69) is 25.2 Å². The van der Waals surface area contributed by atoms with Crippen molar-refractivity contribution in [3.63, 3.8) is 0 Å². The molecule has 32 heavy (non-hydrogen) atoms. The quantitative estimate of drug-likeness (QED) is 0.631. The SMILES string of the molecule is O=C(O)c1cccc(-c2ccc3ncnc(NC4CCC(N5CCOCC5)CC4)c3c2)n1. The number of nitrogens with one attached hydrogen (secondary N) is 1. The van der Waals surface area contributed by atoms with E-state index in [0.717, 1.165) is 61.4 Å². The van der Waals surface area contributed by atoms with Crippen LogP contribution in [0.15, 0.2) is 42.7 Å². The van der Waals surface area contributed by atoms with Gasteiger partial charge in [-0.2, -0.15) is 0 Å². The van der Waals surface area contributed by atoms with E-state index in [0.29, 0.717) is 17.8 Å². The van der Waals surface area contributed by atoms with E-state index in [4.69, 9.17) is 4.74 Å². The molecule has 1 saturated heterocycles. The van der Waals surface area contributed by atoms with Crippen LogP contribution in [0.25, 0.3) is 22.2 Å². The minimum Gasteiger partial charge on any atom is -0.477 e. The maximum Gasteiger partial charge on any atom is 0.354 e. The number of ether oxygens (including phenoxy) is 1. The summed E-state index contributed by atoms with van der Waals surface area (Å²) in [6, 6.07) is 11.9. The molecule has 0 radical (unpaired) electrons. The largest absolute Gasteiger partial charge is 0.477 e. The van der Waals surface area contributed by atoms with Gasteiger partial charge in [0.05, 0.1) is 24.4 Å². The van der Waals surface area contributed by atoms with Gasteiger partial charge >= 0.3 is 5.97 Å². The second-order valence-corrected chi connectivity index (χ2v) is 8.47. The number of fused-ring (bicyclic) bond motifs is 1. The number of morpholine rings is 1. The molecule has 0 amide bonds. The first-order valence-corrected chi connectivity index (χ1v) is 11.2. The molecule has 0 atom stereocenters. The van der Waals surface area contributed by atoms with E-state index in [-0.39, 0.29) is 5.69 Å². The fourth-order valence-electron chi connectivity index (χ4n) is 4.77. The van der Waals surface area contributed by atoms with Crippen LogP contribution < -0.4 is 5.32 Å². The average molecular weight is 434 g/mol. The molecule has 0 bridgehead atoms. The van der Waals surface area contributed by atoms with Crippen molar-refractivity contribution in [2.24, 2.45) is 0 Å². The van der Waals surface area contributed by atoms with E-state index < -0.39 is 5.97 Å². The van der Waals surface area contributed by atoms with E-state index in [9.17, 15) is 9.90 Å². The maximum absolute atomic E-state index is 11.3. The van der Waals surface area contributed by atoms with Crippen molar-refractivity contribution in [1.82, 2.24) is 19.9 Å². The molecular weight excluding hydrogens is 406 g/mol. The molecule has 2 aliphatic rings. The summed E-state index contributed by atoms with van der Waals surface area (Å²) in [5, 5.41) is 13.8. The summed E-state index contributed by atoms with van der Waals surface area (Å²) < 4.78 is 5.49. The highest BCUT2D eigenvalue weighted by Crippen LogP contribution is 2.30. The molecule has 3 heterocycles. The van der Waals surface area contributed by atoms with Crippen LogP contribution in [0.2, 0.25) is 0 Å². The Kier molecular flexibility index (Phi) is 5.96. The molecule has 166 valence electrons. The fraction of sp³-hybridized carbons (Fsp3) is 0.417. The van der Waals surface area contributed by atoms with Crippen molar-refractivity contribution in [2.75, 3.05) is 31.6 Å². The highest BCUT2D eigenvalue weighted by molar-refractivity contribution is 5.92. The van der Waals surface area contributed by atoms with Gasteiger partial charge in [0.1, 0.15) is 17.8 Å². The number of hydrogen-bond acceptors (Lipinski definition) is 7. The smallest absolute Gasteiger partial charge is 0.354 e. The molecule has 8 heteroatoms. The van der Waals surface area contributed by atoms with E-state index in [1.165, 1.54) is 18.9 Å². The van der Waals surface area contributed by atoms with Gasteiger partial charge in [0, 0.05) is 36.1 Å². The monoisotopic (exact) mass is 433 g/mol. The highest BCUT2D eigenvalue weighted by atomic mass is 16.5. The minimum atomic E-state index is -1.04. The van der Waals surface area contributed by atoms with Crippen LogP contribution in [-0.2, 0) is 4.74 Å². The zero-order valence-electron chi connectivity index (χ0n) is 17.9. The van der Waals surface area contributed by atoms with Crippen LogP contribution in [0.1, 0.15) is 36.2 Å². The number of rotatable bonds is 5. The zero-order chi connectivity index (χ0) is 21.9. The van der Waals surface area contributed by atoms with Crippen LogP contribution in [0, 0.1) is 0 Å². The summed E-state index contributed by atoms with van der Waals surface area (Å²) in [5.41, 5.74) is 2.34. The molecule has 5 rings (SSSR count). The molecular formula is C24H27N5O3. The van der Waals surface area contributed by atoms with Crippen LogP contribution in [0.4, 0.5) is 5.82 Å². The van der Waals surface area contributed by atoms with Gasteiger partial charge in [-0.1, -0.05) is 12.1 Å². The number of carbonyl (C=O) groups is 1. The Balaban J connectivity index is 1.34. The molecule has 2 aromatic heterocycles. The molecule has 1 aliphatic carbocycles. The number of anilines is 1. The van der Waals surface area contributed by atoms with Gasteiger partial charge in [0.15, 0.2) is 0 Å². The average Bonchev–Trinajstić information content (AvgIpc) is 2.85. The van der Waals surface area contributed by atoms with Crippen LogP contribution in [0.3, 0.4) is 0 Å². The Morgan fingerprint density at radius 1 is 1.06 bits per heavy atom. The molecule has 1 saturated carbocycles. The summed E-state index contributed by atoms with van der Waals surface area (Å²) in [6.45, 7) is 3.77. The van der Waals surface area contributed by atoms with Crippen molar-refractivity contribution >= 4 is 22.7 Å². The van der Waals surface area contributed by atoms with Crippen LogP contribution in [0.5, 0.6) is 0 Å². The van der Waals surface area contributed by atoms with Crippen molar-refractivity contribution in [3.8, 4) is 11.3 Å². The third-order valence-electron chi connectivity index (χ3n) is 6.50. The lowest BCUT2D eigenvalue weighted by Gasteiger charge is -2.39. The molecule has 3 aromatic rings. The second kappa shape index (κ2) is 9.18. The highest BCUT2D eigenvalue weighted by Gasteiger charge is 2.27. The molecule has 8 nitrogen and oxygen atoms in total. The minimum absolute atomic E-state index is 0.0299. The van der Waals surface area contributed by atoms with Crippen LogP contribution >= 0.6 is 0 Å². The van der Waals surface area contributed by atoms with Gasteiger partial charge in [-0.05, 0) is 49.9 Å². The Morgan fingerprint density at radius 3 is 2.66 bits per heavy atom. The standard InChI is InChI=1S/C24H27N5O3/c30-24(31)22-3-1-2-20(28-22)16-4-9-21-19(14-16)23(26-15-25-21)27-17-5-7-18(8-6-17)29-10-12-32-13-11-29/h1-4,9,14-15,17-18H,5-8,10-13H2,(H,30,31)(H,25,26,27). The predicted molar refractivity (Wildman–Crippen MR) is 122 cm³/mol. The van der Waals surface area contributed by atoms with Crippen molar-refractivity contribution in [2.45, 2.75) is 37.8 Å². The summed E-state index contributed by atoms with van der Waals surface area (Å²) in [7, 11) is 0. The van der Waals surface area contributed by atoms with Gasteiger partial charge in [0.2, 0.25) is 0 Å². The molecule has 1 aromatic carbocycles. The lowest BCUT2D eigenvalue weighted by Crippen LogP contribution is -2.46. The Labute approximate surface area is 186 Å². The third kappa shape index (κ3) is 4.42. The van der Waals surface area contributed by atoms with Gasteiger partial charge < -0.3 is 15.2 Å². The number of pyridine rings is 1. The number of aromatic nitrogens is 3. The number of carboxylic acids is 1. The molecule has 0 spiro atoms. The first-order valence-electron chi connectivity index (χ1n) is 11.2. The summed E-state index contributed by atoms with van der Waals surface area (Å²) in [6.07, 6.45) is 6.16. The van der Waals surface area contributed by atoms with Crippen molar-refractivity contribution in [3.05, 3.63) is 48.4 Å². The number of carboxylic acid groups (broad SMARTS) is 1. The van der Waals surface area contributed by atoms with E-state index in [1.54, 1.807) is 12.4 Å². The summed E-state index contributed by atoms with van der Waals surface area (Å²) >= 11 is 0. The Morgan fingerprint density at radius 2 is 1.88 bits per heavy atom. The van der Waals surface area contributed by atoms with E-state index in [1.807, 2.05) is 24.3 Å². The van der Waals surface area contributed by atoms with Gasteiger partial charge in [-0.15, -0.1) is 0 Å². The van der Waals surface area contributed by atoms with Gasteiger partial charge in [-0.25, -0.2) is 19.7 Å². The Bertz CT molecular complexity index is 1110. The lowest BCUT2D eigenvalue weighted by atomic mass is 9.90. The number of benzene rings is 1. The summed E-state index contributed by atoms with van der Waals surface area (Å²) in [5.74, 6) is -0.216. The zero-order valence-corrected chi connectivity index (χ0v) is 17.9. The van der Waals surface area contributed by atoms with Crippen LogP contribution in [-0.4, -0.2) is 69.3 Å². The second-order valence-electron chi connectivity index (χ2n) is 8.47. The molecule has 0 unspecified atom stereocenters. The first kappa shape index (κ1) is 20.8. The van der Waals surface area contributed by atoms with E-state index >= 15 is 0 Å². The van der Waals surface area contributed by atoms with Gasteiger partial charge in [0.25, 0.3) is 0 Å². The lowest BCUT2D eigenvalue weighted by molar-refractivity contribution is 0.00791. The fourth-order valence-corrected chi connectivity index (χ4v) is 4.77. The van der Waals surface area contributed by atoms with Crippen molar-refractivity contribution in [1.29, 1.82) is 0 Å². The molecule has 2 fully saturated rings. The molecule has 2 N–H and O–H groups in total. The number of nitrogens with zero attached hydrogens (tertiary/aromatic N) is 4. The number of aromatic carboxylic acids is 1.